The van der Waals surface area contributed by atoms with Gasteiger partial charge in [0.2, 0.25) is 0 Å². The molecule has 0 atom stereocenters. The van der Waals surface area contributed by atoms with Gasteiger partial charge >= 0.3 is 0 Å². The van der Waals surface area contributed by atoms with Gasteiger partial charge in [0.15, 0.2) is 0 Å². The molecule has 26 heavy (non-hydrogen) atoms. The Bertz CT molecular complexity index is 700. The van der Waals surface area contributed by atoms with Crippen LogP contribution in [0.2, 0.25) is 10.0 Å². The molecule has 3 rings (SSSR count). The summed E-state index contributed by atoms with van der Waals surface area (Å²) in [5, 5.41) is 18.9. The molecule has 1 saturated carbocycles. The Morgan fingerprint density at radius 3 is 1.58 bits per heavy atom. The Kier molecular flexibility index (Phi) is 6.30. The molecule has 0 aromatic heterocycles. The Balaban J connectivity index is 1.89. The summed E-state index contributed by atoms with van der Waals surface area (Å²) < 4.78 is 10.9. The number of rotatable bonds is 8. The van der Waals surface area contributed by atoms with E-state index in [1.165, 1.54) is 0 Å². The van der Waals surface area contributed by atoms with Crippen LogP contribution < -0.4 is 9.47 Å². The van der Waals surface area contributed by atoms with E-state index in [1.807, 2.05) is 36.4 Å². The standard InChI is InChI=1S/C20H22Cl2O4/c21-16-12-14(2-4-18(16)25-10-8-23)20(6-1-7-20)15-3-5-19(17(22)13-15)26-11-9-24/h2-5,12-13,23-24H,1,6-11H2. The predicted octanol–water partition coefficient (Wildman–Crippen LogP) is 4.21. The fourth-order valence-corrected chi connectivity index (χ4v) is 3.89. The van der Waals surface area contributed by atoms with Crippen molar-refractivity contribution in [3.8, 4) is 11.5 Å². The van der Waals surface area contributed by atoms with E-state index in [0.29, 0.717) is 21.5 Å². The van der Waals surface area contributed by atoms with Gasteiger partial charge in [0.1, 0.15) is 24.7 Å². The molecule has 1 fully saturated rings. The highest BCUT2D eigenvalue weighted by atomic mass is 35.5. The largest absolute Gasteiger partial charge is 0.490 e. The van der Waals surface area contributed by atoms with Gasteiger partial charge in [0.25, 0.3) is 0 Å². The second-order valence-electron chi connectivity index (χ2n) is 6.37. The van der Waals surface area contributed by atoms with E-state index in [4.69, 9.17) is 42.9 Å². The normalized spacial score (nSPS) is 15.4. The molecule has 0 aliphatic heterocycles. The van der Waals surface area contributed by atoms with Gasteiger partial charge in [-0.15, -0.1) is 0 Å². The molecule has 6 heteroatoms. The number of benzene rings is 2. The van der Waals surface area contributed by atoms with Crippen LogP contribution in [0.4, 0.5) is 0 Å². The second-order valence-corrected chi connectivity index (χ2v) is 7.18. The van der Waals surface area contributed by atoms with Crippen LogP contribution in [-0.4, -0.2) is 36.6 Å². The van der Waals surface area contributed by atoms with Crippen LogP contribution in [0.3, 0.4) is 0 Å². The quantitative estimate of drug-likeness (QED) is 0.701. The first-order chi connectivity index (χ1) is 12.6. The topological polar surface area (TPSA) is 58.9 Å². The van der Waals surface area contributed by atoms with Gasteiger partial charge in [0.05, 0.1) is 23.3 Å². The van der Waals surface area contributed by atoms with Crippen LogP contribution in [0.15, 0.2) is 36.4 Å². The van der Waals surface area contributed by atoms with Crippen LogP contribution in [-0.2, 0) is 5.41 Å². The highest BCUT2D eigenvalue weighted by Gasteiger charge is 2.41. The number of ether oxygens (including phenoxy) is 2. The smallest absolute Gasteiger partial charge is 0.138 e. The van der Waals surface area contributed by atoms with Gasteiger partial charge in [-0.25, -0.2) is 0 Å². The average Bonchev–Trinajstić information content (AvgIpc) is 2.59. The lowest BCUT2D eigenvalue weighted by molar-refractivity contribution is 0.201. The minimum absolute atomic E-state index is 0.0504. The van der Waals surface area contributed by atoms with Crippen molar-refractivity contribution < 1.29 is 19.7 Å². The van der Waals surface area contributed by atoms with Crippen molar-refractivity contribution in [2.45, 2.75) is 24.7 Å². The summed E-state index contributed by atoms with van der Waals surface area (Å²) in [7, 11) is 0. The third kappa shape index (κ3) is 3.79. The summed E-state index contributed by atoms with van der Waals surface area (Å²) in [5.41, 5.74) is 2.15. The van der Waals surface area contributed by atoms with Crippen molar-refractivity contribution in [2.24, 2.45) is 0 Å². The van der Waals surface area contributed by atoms with Crippen molar-refractivity contribution in [1.82, 2.24) is 0 Å². The highest BCUT2D eigenvalue weighted by molar-refractivity contribution is 6.32. The van der Waals surface area contributed by atoms with Gasteiger partial charge in [-0.3, -0.25) is 0 Å². The van der Waals surface area contributed by atoms with Gasteiger partial charge in [0, 0.05) is 5.41 Å². The van der Waals surface area contributed by atoms with Gasteiger partial charge in [-0.05, 0) is 48.2 Å². The summed E-state index contributed by atoms with van der Waals surface area (Å²) in [6, 6.07) is 11.7. The lowest BCUT2D eigenvalue weighted by Crippen LogP contribution is -2.35. The molecule has 0 amide bonds. The first-order valence-corrected chi connectivity index (χ1v) is 9.44. The number of halogens is 2. The summed E-state index contributed by atoms with van der Waals surface area (Å²) >= 11 is 12.8. The molecule has 1 aliphatic carbocycles. The van der Waals surface area contributed by atoms with E-state index in [0.717, 1.165) is 30.4 Å². The van der Waals surface area contributed by atoms with E-state index in [1.54, 1.807) is 0 Å². The zero-order valence-electron chi connectivity index (χ0n) is 14.4. The molecule has 2 N–H and O–H groups in total. The zero-order chi connectivity index (χ0) is 18.6. The summed E-state index contributed by atoms with van der Waals surface area (Å²) in [6.45, 7) is 0.334. The summed E-state index contributed by atoms with van der Waals surface area (Å²) in [6.07, 6.45) is 3.18. The van der Waals surface area contributed by atoms with E-state index in [9.17, 15) is 0 Å². The van der Waals surface area contributed by atoms with E-state index in [-0.39, 0.29) is 31.8 Å². The second kappa shape index (κ2) is 8.49. The van der Waals surface area contributed by atoms with Gasteiger partial charge < -0.3 is 19.7 Å². The number of hydrogen-bond acceptors (Lipinski definition) is 4. The molecule has 0 bridgehead atoms. The SMILES string of the molecule is OCCOc1ccc(C2(c3ccc(OCCO)c(Cl)c3)CCC2)cc1Cl. The predicted molar refractivity (Wildman–Crippen MR) is 103 cm³/mol. The molecular formula is C20H22Cl2O4. The van der Waals surface area contributed by atoms with Crippen LogP contribution in [0.5, 0.6) is 11.5 Å². The van der Waals surface area contributed by atoms with E-state index >= 15 is 0 Å². The highest BCUT2D eigenvalue weighted by Crippen LogP contribution is 2.51. The summed E-state index contributed by atoms with van der Waals surface area (Å²) in [5.74, 6) is 1.15. The van der Waals surface area contributed by atoms with Crippen molar-refractivity contribution >= 4 is 23.2 Å². The third-order valence-corrected chi connectivity index (χ3v) is 5.46. The van der Waals surface area contributed by atoms with Crippen molar-refractivity contribution in [1.29, 1.82) is 0 Å². The summed E-state index contributed by atoms with van der Waals surface area (Å²) in [4.78, 5) is 0. The maximum Gasteiger partial charge on any atom is 0.138 e. The molecule has 0 heterocycles. The molecule has 0 radical (unpaired) electrons. The van der Waals surface area contributed by atoms with E-state index in [2.05, 4.69) is 0 Å². The molecule has 1 aliphatic rings. The van der Waals surface area contributed by atoms with Crippen LogP contribution in [0, 0.1) is 0 Å². The molecule has 0 saturated heterocycles. The fourth-order valence-electron chi connectivity index (χ4n) is 3.42. The Morgan fingerprint density at radius 1 is 0.808 bits per heavy atom. The molecule has 4 nitrogen and oxygen atoms in total. The van der Waals surface area contributed by atoms with Crippen molar-refractivity contribution in [2.75, 3.05) is 26.4 Å². The van der Waals surface area contributed by atoms with Crippen LogP contribution in [0.1, 0.15) is 30.4 Å². The van der Waals surface area contributed by atoms with Crippen LogP contribution in [0.25, 0.3) is 0 Å². The monoisotopic (exact) mass is 396 g/mol. The Morgan fingerprint density at radius 2 is 1.27 bits per heavy atom. The number of aliphatic hydroxyl groups excluding tert-OH is 2. The third-order valence-electron chi connectivity index (χ3n) is 4.87. The minimum atomic E-state index is -0.113. The molecular weight excluding hydrogens is 375 g/mol. The minimum Gasteiger partial charge on any atom is -0.490 e. The van der Waals surface area contributed by atoms with Gasteiger partial charge in [-0.2, -0.15) is 0 Å². The molecule has 0 spiro atoms. The molecule has 0 unspecified atom stereocenters. The van der Waals surface area contributed by atoms with Crippen molar-refractivity contribution in [3.05, 3.63) is 57.6 Å². The maximum atomic E-state index is 8.90. The Labute approximate surface area is 163 Å². The average molecular weight is 397 g/mol. The molecule has 2 aromatic rings. The van der Waals surface area contributed by atoms with Gasteiger partial charge in [-0.1, -0.05) is 41.8 Å². The number of aliphatic hydroxyl groups is 2. The maximum absolute atomic E-state index is 8.90. The fraction of sp³-hybridized carbons (Fsp3) is 0.400. The molecule has 140 valence electrons. The zero-order valence-corrected chi connectivity index (χ0v) is 15.9. The lowest BCUT2D eigenvalue weighted by atomic mass is 9.60. The Hall–Kier alpha value is -1.46. The van der Waals surface area contributed by atoms with Crippen molar-refractivity contribution in [3.63, 3.8) is 0 Å². The first kappa shape index (κ1) is 19.3. The number of hydrogen-bond donors (Lipinski definition) is 2. The lowest BCUT2D eigenvalue weighted by Gasteiger charge is -2.43. The van der Waals surface area contributed by atoms with E-state index < -0.39 is 0 Å². The molecule has 2 aromatic carbocycles. The first-order valence-electron chi connectivity index (χ1n) is 8.68. The van der Waals surface area contributed by atoms with Crippen LogP contribution >= 0.6 is 23.2 Å².